The summed E-state index contributed by atoms with van der Waals surface area (Å²) in [5.41, 5.74) is -0.275. The third-order valence-corrected chi connectivity index (χ3v) is 7.10. The number of amides is 1. The summed E-state index contributed by atoms with van der Waals surface area (Å²) in [6.07, 6.45) is 2.32. The van der Waals surface area contributed by atoms with Crippen LogP contribution in [0, 0.1) is 5.92 Å². The lowest BCUT2D eigenvalue weighted by Crippen LogP contribution is -2.43. The molecule has 0 aromatic heterocycles. The fraction of sp³-hybridized carbons (Fsp3) is 0.588. The van der Waals surface area contributed by atoms with Crippen molar-refractivity contribution in [2.24, 2.45) is 5.92 Å². The van der Waals surface area contributed by atoms with Gasteiger partial charge in [-0.25, -0.2) is 25.9 Å². The zero-order valence-corrected chi connectivity index (χ0v) is 17.7. The van der Waals surface area contributed by atoms with E-state index in [1.807, 2.05) is 0 Å². The SMILES string of the molecule is CC(C)(C)NS(=O)(=O)c1cccc(NC(=O)C2CCCN(S(C)(=O)=O)C2)c1. The van der Waals surface area contributed by atoms with Gasteiger partial charge in [0.1, 0.15) is 0 Å². The number of anilines is 1. The van der Waals surface area contributed by atoms with Gasteiger partial charge in [0.15, 0.2) is 0 Å². The highest BCUT2D eigenvalue weighted by atomic mass is 32.2. The highest BCUT2D eigenvalue weighted by Crippen LogP contribution is 2.22. The summed E-state index contributed by atoms with van der Waals surface area (Å²) in [6.45, 7) is 5.77. The maximum atomic E-state index is 12.5. The second kappa shape index (κ2) is 7.86. The minimum Gasteiger partial charge on any atom is -0.326 e. The zero-order valence-electron chi connectivity index (χ0n) is 16.0. The molecule has 1 saturated heterocycles. The molecule has 1 aliphatic heterocycles. The topological polar surface area (TPSA) is 113 Å². The van der Waals surface area contributed by atoms with Crippen molar-refractivity contribution in [3.05, 3.63) is 24.3 Å². The molecular formula is C17H27N3O5S2. The number of rotatable bonds is 5. The molecule has 1 unspecified atom stereocenters. The van der Waals surface area contributed by atoms with E-state index < -0.39 is 31.5 Å². The summed E-state index contributed by atoms with van der Waals surface area (Å²) in [5, 5.41) is 2.71. The van der Waals surface area contributed by atoms with Gasteiger partial charge in [-0.3, -0.25) is 4.79 Å². The Balaban J connectivity index is 2.13. The van der Waals surface area contributed by atoms with Crippen LogP contribution in [0.3, 0.4) is 0 Å². The molecule has 1 heterocycles. The highest BCUT2D eigenvalue weighted by Gasteiger charge is 2.30. The third kappa shape index (κ3) is 6.27. The number of hydrogen-bond donors (Lipinski definition) is 2. The normalized spacial score (nSPS) is 19.6. The van der Waals surface area contributed by atoms with Gasteiger partial charge in [-0.2, -0.15) is 0 Å². The first kappa shape index (κ1) is 21.8. The molecule has 0 bridgehead atoms. The van der Waals surface area contributed by atoms with Gasteiger partial charge >= 0.3 is 0 Å². The third-order valence-electron chi connectivity index (χ3n) is 4.08. The molecule has 1 aromatic carbocycles. The fourth-order valence-electron chi connectivity index (χ4n) is 2.90. The van der Waals surface area contributed by atoms with E-state index >= 15 is 0 Å². The van der Waals surface area contributed by atoms with Crippen LogP contribution in [-0.4, -0.2) is 51.9 Å². The summed E-state index contributed by atoms with van der Waals surface area (Å²) in [4.78, 5) is 12.6. The smallest absolute Gasteiger partial charge is 0.241 e. The summed E-state index contributed by atoms with van der Waals surface area (Å²) >= 11 is 0. The van der Waals surface area contributed by atoms with Gasteiger partial charge in [0.2, 0.25) is 26.0 Å². The summed E-state index contributed by atoms with van der Waals surface area (Å²) in [5.74, 6) is -0.789. The van der Waals surface area contributed by atoms with Gasteiger partial charge in [-0.05, 0) is 51.8 Å². The van der Waals surface area contributed by atoms with E-state index in [1.54, 1.807) is 32.9 Å². The van der Waals surface area contributed by atoms with E-state index in [1.165, 1.54) is 16.4 Å². The standard InChI is InChI=1S/C17H27N3O5S2/c1-17(2,3)19-27(24,25)15-9-5-8-14(11-15)18-16(21)13-7-6-10-20(12-13)26(4,22)23/h5,8-9,11,13,19H,6-7,10,12H2,1-4H3,(H,18,21). The molecule has 152 valence electrons. The number of hydrogen-bond acceptors (Lipinski definition) is 5. The Hall–Kier alpha value is -1.49. The van der Waals surface area contributed by atoms with E-state index in [4.69, 9.17) is 0 Å². The van der Waals surface area contributed by atoms with Gasteiger partial charge in [-0.1, -0.05) is 6.07 Å². The minimum atomic E-state index is -3.72. The van der Waals surface area contributed by atoms with Crippen molar-refractivity contribution < 1.29 is 21.6 Å². The molecule has 1 atom stereocenters. The largest absolute Gasteiger partial charge is 0.326 e. The van der Waals surface area contributed by atoms with Crippen LogP contribution in [0.4, 0.5) is 5.69 Å². The Morgan fingerprint density at radius 3 is 2.44 bits per heavy atom. The summed E-state index contributed by atoms with van der Waals surface area (Å²) in [7, 11) is -7.06. The first-order chi connectivity index (χ1) is 12.3. The minimum absolute atomic E-state index is 0.0524. The average Bonchev–Trinajstić information content (AvgIpc) is 2.52. The van der Waals surface area contributed by atoms with Crippen LogP contribution in [0.25, 0.3) is 0 Å². The fourth-order valence-corrected chi connectivity index (χ4v) is 5.28. The van der Waals surface area contributed by atoms with Crippen LogP contribution >= 0.6 is 0 Å². The van der Waals surface area contributed by atoms with Crippen LogP contribution in [0.5, 0.6) is 0 Å². The average molecular weight is 418 g/mol. The van der Waals surface area contributed by atoms with Crippen LogP contribution in [0.1, 0.15) is 33.6 Å². The molecule has 1 amide bonds. The molecule has 0 saturated carbocycles. The monoisotopic (exact) mass is 417 g/mol. The molecule has 0 radical (unpaired) electrons. The number of nitrogens with zero attached hydrogens (tertiary/aromatic N) is 1. The Bertz CT molecular complexity index is 905. The van der Waals surface area contributed by atoms with Gasteiger partial charge in [0, 0.05) is 24.3 Å². The lowest BCUT2D eigenvalue weighted by Gasteiger charge is -2.30. The molecule has 8 nitrogen and oxygen atoms in total. The Morgan fingerprint density at radius 1 is 1.19 bits per heavy atom. The van der Waals surface area contributed by atoms with E-state index in [2.05, 4.69) is 10.0 Å². The number of carbonyl (C=O) groups excluding carboxylic acids is 1. The molecule has 0 aliphatic carbocycles. The number of benzene rings is 1. The Morgan fingerprint density at radius 2 is 1.85 bits per heavy atom. The second-order valence-electron chi connectivity index (χ2n) is 7.83. The molecule has 1 aromatic rings. The van der Waals surface area contributed by atoms with Crippen molar-refractivity contribution in [1.82, 2.24) is 9.03 Å². The molecule has 1 fully saturated rings. The predicted molar refractivity (Wildman–Crippen MR) is 104 cm³/mol. The van der Waals surface area contributed by atoms with Gasteiger partial charge in [0.25, 0.3) is 0 Å². The van der Waals surface area contributed by atoms with Crippen LogP contribution in [0.2, 0.25) is 0 Å². The van der Waals surface area contributed by atoms with E-state index in [9.17, 15) is 21.6 Å². The molecule has 2 N–H and O–H groups in total. The molecule has 0 spiro atoms. The van der Waals surface area contributed by atoms with Crippen LogP contribution in [-0.2, 0) is 24.8 Å². The second-order valence-corrected chi connectivity index (χ2v) is 11.5. The summed E-state index contributed by atoms with van der Waals surface area (Å²) in [6, 6.07) is 6.00. The highest BCUT2D eigenvalue weighted by molar-refractivity contribution is 7.89. The zero-order chi connectivity index (χ0) is 20.5. The quantitative estimate of drug-likeness (QED) is 0.751. The van der Waals surface area contributed by atoms with Gasteiger partial charge in [0.05, 0.1) is 17.1 Å². The summed E-state index contributed by atoms with van der Waals surface area (Å²) < 4.78 is 52.2. The van der Waals surface area contributed by atoms with E-state index in [-0.39, 0.29) is 17.3 Å². The van der Waals surface area contributed by atoms with E-state index in [0.29, 0.717) is 25.1 Å². The maximum absolute atomic E-state index is 12.5. The van der Waals surface area contributed by atoms with Crippen molar-refractivity contribution in [2.45, 2.75) is 44.0 Å². The van der Waals surface area contributed by atoms with Crippen molar-refractivity contribution >= 4 is 31.6 Å². The lowest BCUT2D eigenvalue weighted by molar-refractivity contribution is -0.120. The molecule has 2 rings (SSSR count). The van der Waals surface area contributed by atoms with Crippen molar-refractivity contribution in [3.63, 3.8) is 0 Å². The van der Waals surface area contributed by atoms with Gasteiger partial charge < -0.3 is 5.32 Å². The molecular weight excluding hydrogens is 390 g/mol. The number of carbonyl (C=O) groups is 1. The molecule has 10 heteroatoms. The Kier molecular flexibility index (Phi) is 6.35. The number of piperidine rings is 1. The van der Waals surface area contributed by atoms with Crippen molar-refractivity contribution in [3.8, 4) is 0 Å². The lowest BCUT2D eigenvalue weighted by atomic mass is 9.99. The van der Waals surface area contributed by atoms with Crippen molar-refractivity contribution in [1.29, 1.82) is 0 Å². The van der Waals surface area contributed by atoms with E-state index in [0.717, 1.165) is 6.26 Å². The maximum Gasteiger partial charge on any atom is 0.241 e. The number of nitrogens with one attached hydrogen (secondary N) is 2. The van der Waals surface area contributed by atoms with Crippen LogP contribution < -0.4 is 10.0 Å². The van der Waals surface area contributed by atoms with Crippen molar-refractivity contribution in [2.75, 3.05) is 24.7 Å². The van der Waals surface area contributed by atoms with Crippen LogP contribution in [0.15, 0.2) is 29.2 Å². The molecule has 1 aliphatic rings. The first-order valence-electron chi connectivity index (χ1n) is 8.68. The molecule has 27 heavy (non-hydrogen) atoms. The Labute approximate surface area is 161 Å². The predicted octanol–water partition coefficient (Wildman–Crippen LogP) is 1.37. The van der Waals surface area contributed by atoms with Gasteiger partial charge in [-0.15, -0.1) is 0 Å². The number of sulfonamides is 2. The first-order valence-corrected chi connectivity index (χ1v) is 12.0.